The van der Waals surface area contributed by atoms with Crippen LogP contribution in [0.2, 0.25) is 0 Å². The molecule has 0 radical (unpaired) electrons. The van der Waals surface area contributed by atoms with Gasteiger partial charge in [-0.2, -0.15) is 10.4 Å². The van der Waals surface area contributed by atoms with E-state index >= 15 is 0 Å². The van der Waals surface area contributed by atoms with Crippen molar-refractivity contribution in [3.8, 4) is 6.07 Å². The van der Waals surface area contributed by atoms with E-state index in [1.165, 1.54) is 30.3 Å². The van der Waals surface area contributed by atoms with Crippen molar-refractivity contribution in [1.29, 1.82) is 5.26 Å². The fraction of sp³-hybridized carbons (Fsp3) is 0. The Labute approximate surface area is 85.0 Å². The van der Waals surface area contributed by atoms with E-state index in [1.54, 1.807) is 0 Å². The third-order valence-electron chi connectivity index (χ3n) is 1.48. The maximum absolute atomic E-state index is 12.5. The number of hydrogen-bond donors (Lipinski definition) is 2. The topological polar surface area (TPSA) is 91.3 Å². The Bertz CT molecular complexity index is 432. The Morgan fingerprint density at radius 1 is 1.47 bits per heavy atom. The Balaban J connectivity index is 2.76. The third kappa shape index (κ3) is 3.08. The number of halogens is 1. The number of hydrazone groups is 1. The molecule has 0 aromatic heterocycles. The van der Waals surface area contributed by atoms with Crippen LogP contribution < -0.4 is 11.2 Å². The SMILES string of the molecule is N#C/C(=N/Nc1ccc(F)cc1)C(N)=O. The van der Waals surface area contributed by atoms with Gasteiger partial charge in [-0.1, -0.05) is 0 Å². The second-order valence-electron chi connectivity index (χ2n) is 2.56. The third-order valence-corrected chi connectivity index (χ3v) is 1.48. The van der Waals surface area contributed by atoms with Gasteiger partial charge in [-0.25, -0.2) is 4.39 Å². The minimum Gasteiger partial charge on any atom is -0.364 e. The van der Waals surface area contributed by atoms with Gasteiger partial charge in [0, 0.05) is 0 Å². The Hall–Kier alpha value is -2.42. The maximum atomic E-state index is 12.5. The molecule has 0 fully saturated rings. The van der Waals surface area contributed by atoms with Crippen molar-refractivity contribution in [2.24, 2.45) is 10.8 Å². The zero-order valence-corrected chi connectivity index (χ0v) is 7.57. The first kappa shape index (κ1) is 10.7. The van der Waals surface area contributed by atoms with Crippen LogP contribution in [0.3, 0.4) is 0 Å². The second kappa shape index (κ2) is 4.72. The number of nitriles is 1. The number of nitrogens with zero attached hydrogens (tertiary/aromatic N) is 2. The van der Waals surface area contributed by atoms with Crippen molar-refractivity contribution in [3.63, 3.8) is 0 Å². The van der Waals surface area contributed by atoms with Gasteiger partial charge >= 0.3 is 0 Å². The van der Waals surface area contributed by atoms with Gasteiger partial charge < -0.3 is 5.73 Å². The van der Waals surface area contributed by atoms with E-state index in [-0.39, 0.29) is 5.82 Å². The zero-order valence-electron chi connectivity index (χ0n) is 7.57. The fourth-order valence-corrected chi connectivity index (χ4v) is 0.780. The second-order valence-corrected chi connectivity index (χ2v) is 2.56. The molecule has 0 saturated heterocycles. The van der Waals surface area contributed by atoms with Crippen LogP contribution in [-0.2, 0) is 4.79 Å². The number of carbonyl (C=O) groups is 1. The summed E-state index contributed by atoms with van der Waals surface area (Å²) in [4.78, 5) is 10.6. The highest BCUT2D eigenvalue weighted by Gasteiger charge is 2.04. The first-order valence-corrected chi connectivity index (χ1v) is 3.92. The number of anilines is 1. The summed E-state index contributed by atoms with van der Waals surface area (Å²) in [6, 6.07) is 6.78. The monoisotopic (exact) mass is 206 g/mol. The van der Waals surface area contributed by atoms with Gasteiger partial charge in [0.2, 0.25) is 5.71 Å². The first-order valence-electron chi connectivity index (χ1n) is 3.92. The molecule has 0 aliphatic rings. The molecule has 3 N–H and O–H groups in total. The molecule has 5 nitrogen and oxygen atoms in total. The number of primary amides is 1. The maximum Gasteiger partial charge on any atom is 0.280 e. The van der Waals surface area contributed by atoms with Gasteiger partial charge in [-0.15, -0.1) is 0 Å². The lowest BCUT2D eigenvalue weighted by molar-refractivity contribution is -0.111. The predicted molar refractivity (Wildman–Crippen MR) is 52.3 cm³/mol. The number of nitrogens with one attached hydrogen (secondary N) is 1. The molecule has 76 valence electrons. The average Bonchev–Trinajstić information content (AvgIpc) is 2.21. The minimum atomic E-state index is -0.924. The molecule has 15 heavy (non-hydrogen) atoms. The van der Waals surface area contributed by atoms with E-state index in [4.69, 9.17) is 11.0 Å². The largest absolute Gasteiger partial charge is 0.364 e. The van der Waals surface area contributed by atoms with E-state index in [2.05, 4.69) is 10.5 Å². The molecule has 0 unspecified atom stereocenters. The Morgan fingerprint density at radius 2 is 2.07 bits per heavy atom. The van der Waals surface area contributed by atoms with Crippen LogP contribution in [0.5, 0.6) is 0 Å². The highest BCUT2D eigenvalue weighted by Crippen LogP contribution is 2.07. The van der Waals surface area contributed by atoms with Gasteiger partial charge in [0.15, 0.2) is 0 Å². The molecule has 0 heterocycles. The van der Waals surface area contributed by atoms with Crippen LogP contribution in [0.4, 0.5) is 10.1 Å². The van der Waals surface area contributed by atoms with Crippen LogP contribution in [0, 0.1) is 17.1 Å². The molecule has 0 aliphatic carbocycles. The highest BCUT2D eigenvalue weighted by molar-refractivity contribution is 6.44. The lowest BCUT2D eigenvalue weighted by Gasteiger charge is -1.99. The molecule has 1 aromatic rings. The molecular weight excluding hydrogens is 199 g/mol. The normalized spacial score (nSPS) is 10.5. The van der Waals surface area contributed by atoms with E-state index < -0.39 is 11.6 Å². The van der Waals surface area contributed by atoms with E-state index in [0.717, 1.165) is 0 Å². The van der Waals surface area contributed by atoms with Crippen molar-refractivity contribution in [3.05, 3.63) is 30.1 Å². The number of carbonyl (C=O) groups excluding carboxylic acids is 1. The Kier molecular flexibility index (Phi) is 3.35. The average molecular weight is 206 g/mol. The molecule has 0 aliphatic heterocycles. The summed E-state index contributed by atoms with van der Waals surface area (Å²) in [5, 5.41) is 11.9. The number of hydrogen-bond acceptors (Lipinski definition) is 4. The van der Waals surface area contributed by atoms with Crippen molar-refractivity contribution in [2.75, 3.05) is 5.43 Å². The molecule has 0 saturated carbocycles. The van der Waals surface area contributed by atoms with Crippen molar-refractivity contribution in [1.82, 2.24) is 0 Å². The lowest BCUT2D eigenvalue weighted by Crippen LogP contribution is -2.22. The molecule has 1 rings (SSSR count). The summed E-state index contributed by atoms with van der Waals surface area (Å²) in [5.41, 5.74) is 7.25. The summed E-state index contributed by atoms with van der Waals surface area (Å²) in [5.74, 6) is -1.31. The molecule has 0 spiro atoms. The number of nitrogens with two attached hydrogens (primary N) is 1. The van der Waals surface area contributed by atoms with Crippen LogP contribution in [0.1, 0.15) is 0 Å². The lowest BCUT2D eigenvalue weighted by atomic mass is 10.3. The van der Waals surface area contributed by atoms with E-state index in [9.17, 15) is 9.18 Å². The number of amides is 1. The standard InChI is InChI=1S/C9H7FN4O/c10-6-1-3-7(4-2-6)13-14-8(5-11)9(12)15/h1-4,13H,(H2,12,15)/b14-8-. The summed E-state index contributed by atoms with van der Waals surface area (Å²) < 4.78 is 12.5. The van der Waals surface area contributed by atoms with Crippen LogP contribution >= 0.6 is 0 Å². The number of benzene rings is 1. The molecule has 1 aromatic carbocycles. The molecule has 6 heteroatoms. The highest BCUT2D eigenvalue weighted by atomic mass is 19.1. The molecule has 0 bridgehead atoms. The summed E-state index contributed by atoms with van der Waals surface area (Å²) in [6.45, 7) is 0. The van der Waals surface area contributed by atoms with Crippen molar-refractivity contribution >= 4 is 17.3 Å². The van der Waals surface area contributed by atoms with Gasteiger partial charge in [0.25, 0.3) is 5.91 Å². The van der Waals surface area contributed by atoms with Crippen LogP contribution in [0.25, 0.3) is 0 Å². The molecule has 1 amide bonds. The van der Waals surface area contributed by atoms with Gasteiger partial charge in [-0.05, 0) is 24.3 Å². The minimum absolute atomic E-state index is 0.389. The summed E-state index contributed by atoms with van der Waals surface area (Å²) >= 11 is 0. The van der Waals surface area contributed by atoms with Gasteiger partial charge in [0.05, 0.1) is 5.69 Å². The smallest absolute Gasteiger partial charge is 0.280 e. The van der Waals surface area contributed by atoms with Crippen LogP contribution in [-0.4, -0.2) is 11.6 Å². The number of rotatable bonds is 3. The summed E-state index contributed by atoms with van der Waals surface area (Å²) in [6.07, 6.45) is 0. The van der Waals surface area contributed by atoms with Crippen molar-refractivity contribution < 1.29 is 9.18 Å². The zero-order chi connectivity index (χ0) is 11.3. The first-order chi connectivity index (χ1) is 7.13. The Morgan fingerprint density at radius 3 is 2.53 bits per heavy atom. The van der Waals surface area contributed by atoms with Crippen LogP contribution in [0.15, 0.2) is 29.4 Å². The molecule has 0 atom stereocenters. The molecular formula is C9H7FN4O. The van der Waals surface area contributed by atoms with Crippen molar-refractivity contribution in [2.45, 2.75) is 0 Å². The quantitative estimate of drug-likeness (QED) is 0.560. The predicted octanol–water partition coefficient (Wildman–Crippen LogP) is 0.602. The van der Waals surface area contributed by atoms with E-state index in [1.807, 2.05) is 0 Å². The summed E-state index contributed by atoms with van der Waals surface area (Å²) in [7, 11) is 0. The van der Waals surface area contributed by atoms with Gasteiger partial charge in [-0.3, -0.25) is 10.2 Å². The van der Waals surface area contributed by atoms with Gasteiger partial charge in [0.1, 0.15) is 11.9 Å². The van der Waals surface area contributed by atoms with E-state index in [0.29, 0.717) is 5.69 Å². The fourth-order valence-electron chi connectivity index (χ4n) is 0.780.